The van der Waals surface area contributed by atoms with Crippen molar-refractivity contribution in [3.63, 3.8) is 0 Å². The average Bonchev–Trinajstić information content (AvgIpc) is 3.41. The second kappa shape index (κ2) is 7.74. The molecule has 2 aliphatic heterocycles. The molecule has 0 radical (unpaired) electrons. The third-order valence-electron chi connectivity index (χ3n) is 5.96. The Kier molecular flexibility index (Phi) is 5.18. The highest BCUT2D eigenvalue weighted by atomic mass is 16.3. The molecule has 3 fully saturated rings. The molecule has 0 unspecified atom stereocenters. The normalized spacial score (nSPS) is 21.9. The summed E-state index contributed by atoms with van der Waals surface area (Å²) in [5.74, 6) is 0.912. The van der Waals surface area contributed by atoms with Crippen LogP contribution in [0.5, 0.6) is 0 Å². The van der Waals surface area contributed by atoms with Crippen LogP contribution in [-0.4, -0.2) is 59.7 Å². The minimum atomic E-state index is -0.0857. The summed E-state index contributed by atoms with van der Waals surface area (Å²) in [6.07, 6.45) is 6.58. The molecule has 0 atom stereocenters. The summed E-state index contributed by atoms with van der Waals surface area (Å²) in [7, 11) is 0. The van der Waals surface area contributed by atoms with Gasteiger partial charge in [-0.05, 0) is 50.7 Å². The molecule has 3 amide bonds. The Balaban J connectivity index is 1.19. The van der Waals surface area contributed by atoms with Gasteiger partial charge in [-0.1, -0.05) is 0 Å². The van der Waals surface area contributed by atoms with Crippen LogP contribution < -0.4 is 5.32 Å². The van der Waals surface area contributed by atoms with E-state index in [2.05, 4.69) is 5.32 Å². The predicted octanol–water partition coefficient (Wildman–Crippen LogP) is 1.65. The molecule has 0 aromatic carbocycles. The summed E-state index contributed by atoms with van der Waals surface area (Å²) < 4.78 is 5.17. The number of hydrogen-bond acceptors (Lipinski definition) is 4. The fourth-order valence-electron chi connectivity index (χ4n) is 4.05. The number of likely N-dealkylation sites (tertiary alicyclic amines) is 2. The number of carbonyl (C=O) groups is 3. The minimum Gasteiger partial charge on any atom is -0.459 e. The van der Waals surface area contributed by atoms with E-state index in [1.807, 2.05) is 4.90 Å². The third kappa shape index (κ3) is 4.17. The van der Waals surface area contributed by atoms with E-state index in [0.29, 0.717) is 31.9 Å². The molecule has 3 heterocycles. The first-order valence-corrected chi connectivity index (χ1v) is 10.0. The molecule has 1 aromatic heterocycles. The Morgan fingerprint density at radius 1 is 0.889 bits per heavy atom. The quantitative estimate of drug-likeness (QED) is 0.870. The van der Waals surface area contributed by atoms with Crippen LogP contribution in [0, 0.1) is 11.8 Å². The van der Waals surface area contributed by atoms with Gasteiger partial charge in [0.15, 0.2) is 5.76 Å². The maximum absolute atomic E-state index is 12.6. The zero-order valence-corrected chi connectivity index (χ0v) is 15.6. The molecule has 7 nitrogen and oxygen atoms in total. The van der Waals surface area contributed by atoms with Crippen molar-refractivity contribution < 1.29 is 18.8 Å². The lowest BCUT2D eigenvalue weighted by molar-refractivity contribution is -0.136. The van der Waals surface area contributed by atoms with Gasteiger partial charge in [0.2, 0.25) is 11.8 Å². The summed E-state index contributed by atoms with van der Waals surface area (Å²) in [5.41, 5.74) is 0. The zero-order valence-electron chi connectivity index (χ0n) is 15.6. The summed E-state index contributed by atoms with van der Waals surface area (Å²) in [4.78, 5) is 40.7. The minimum absolute atomic E-state index is 0.00367. The number of amides is 3. The van der Waals surface area contributed by atoms with Crippen molar-refractivity contribution >= 4 is 17.7 Å². The summed E-state index contributed by atoms with van der Waals surface area (Å²) in [6.45, 7) is 2.64. The van der Waals surface area contributed by atoms with E-state index in [1.54, 1.807) is 17.0 Å². The molecule has 0 spiro atoms. The van der Waals surface area contributed by atoms with E-state index in [9.17, 15) is 14.4 Å². The van der Waals surface area contributed by atoms with Crippen molar-refractivity contribution in [3.8, 4) is 0 Å². The van der Waals surface area contributed by atoms with E-state index in [1.165, 1.54) is 6.26 Å². The number of carbonyl (C=O) groups excluding carboxylic acids is 3. The van der Waals surface area contributed by atoms with Crippen molar-refractivity contribution in [1.29, 1.82) is 0 Å². The molecule has 7 heteroatoms. The van der Waals surface area contributed by atoms with E-state index in [4.69, 9.17) is 4.42 Å². The lowest BCUT2D eigenvalue weighted by Gasteiger charge is -2.35. The second-order valence-electron chi connectivity index (χ2n) is 7.93. The van der Waals surface area contributed by atoms with Gasteiger partial charge in [0.05, 0.1) is 6.26 Å². The first-order chi connectivity index (χ1) is 13.1. The van der Waals surface area contributed by atoms with Crippen molar-refractivity contribution in [3.05, 3.63) is 24.2 Å². The van der Waals surface area contributed by atoms with Crippen LogP contribution in [0.2, 0.25) is 0 Å². The third-order valence-corrected chi connectivity index (χ3v) is 5.96. The van der Waals surface area contributed by atoms with E-state index < -0.39 is 0 Å². The van der Waals surface area contributed by atoms with Gasteiger partial charge in [-0.2, -0.15) is 0 Å². The highest BCUT2D eigenvalue weighted by Crippen LogP contribution is 2.32. The SMILES string of the molecule is O=C(NC1CCN(C(=O)c2ccco2)CC1)C1CCN(C(=O)C2CC2)CC1. The number of nitrogens with zero attached hydrogens (tertiary/aromatic N) is 2. The first-order valence-electron chi connectivity index (χ1n) is 10.0. The van der Waals surface area contributed by atoms with Crippen molar-refractivity contribution in [2.45, 2.75) is 44.6 Å². The van der Waals surface area contributed by atoms with Crippen molar-refractivity contribution in [2.24, 2.45) is 11.8 Å². The van der Waals surface area contributed by atoms with Gasteiger partial charge >= 0.3 is 0 Å². The molecular weight excluding hydrogens is 346 g/mol. The number of hydrogen-bond donors (Lipinski definition) is 1. The maximum Gasteiger partial charge on any atom is 0.289 e. The van der Waals surface area contributed by atoms with Gasteiger partial charge in [-0.25, -0.2) is 0 Å². The van der Waals surface area contributed by atoms with Crippen LogP contribution in [0.15, 0.2) is 22.8 Å². The highest BCUT2D eigenvalue weighted by molar-refractivity contribution is 5.91. The van der Waals surface area contributed by atoms with Gasteiger partial charge in [-0.3, -0.25) is 14.4 Å². The topological polar surface area (TPSA) is 82.9 Å². The zero-order chi connectivity index (χ0) is 18.8. The van der Waals surface area contributed by atoms with E-state index >= 15 is 0 Å². The molecule has 2 saturated heterocycles. The summed E-state index contributed by atoms with van der Waals surface area (Å²) in [5, 5.41) is 3.16. The van der Waals surface area contributed by atoms with Crippen LogP contribution in [0.1, 0.15) is 49.1 Å². The number of nitrogens with one attached hydrogen (secondary N) is 1. The Morgan fingerprint density at radius 3 is 2.15 bits per heavy atom. The average molecular weight is 373 g/mol. The Hall–Kier alpha value is -2.31. The van der Waals surface area contributed by atoms with Gasteiger partial charge < -0.3 is 19.5 Å². The monoisotopic (exact) mass is 373 g/mol. The molecule has 146 valence electrons. The molecule has 4 rings (SSSR count). The standard InChI is InChI=1S/C20H27N3O4/c24-18(14-5-9-22(10-6-14)19(25)15-3-4-15)21-16-7-11-23(12-8-16)20(26)17-2-1-13-27-17/h1-2,13-16H,3-12H2,(H,21,24). The lowest BCUT2D eigenvalue weighted by atomic mass is 9.94. The fraction of sp³-hybridized carbons (Fsp3) is 0.650. The van der Waals surface area contributed by atoms with Crippen LogP contribution in [0.4, 0.5) is 0 Å². The molecule has 1 aliphatic carbocycles. The largest absolute Gasteiger partial charge is 0.459 e. The Bertz CT molecular complexity index is 682. The van der Waals surface area contributed by atoms with Gasteiger partial charge in [-0.15, -0.1) is 0 Å². The van der Waals surface area contributed by atoms with Crippen LogP contribution >= 0.6 is 0 Å². The van der Waals surface area contributed by atoms with Gasteiger partial charge in [0.25, 0.3) is 5.91 Å². The van der Waals surface area contributed by atoms with Gasteiger partial charge in [0.1, 0.15) is 0 Å². The molecule has 1 saturated carbocycles. The number of piperidine rings is 2. The first kappa shape index (κ1) is 18.1. The van der Waals surface area contributed by atoms with Crippen molar-refractivity contribution in [2.75, 3.05) is 26.2 Å². The summed E-state index contributed by atoms with van der Waals surface area (Å²) in [6, 6.07) is 3.50. The smallest absolute Gasteiger partial charge is 0.289 e. The van der Waals surface area contributed by atoms with Crippen LogP contribution in [0.25, 0.3) is 0 Å². The van der Waals surface area contributed by atoms with Crippen LogP contribution in [0.3, 0.4) is 0 Å². The second-order valence-corrected chi connectivity index (χ2v) is 7.93. The molecule has 27 heavy (non-hydrogen) atoms. The molecule has 3 aliphatic rings. The molecule has 1 N–H and O–H groups in total. The van der Waals surface area contributed by atoms with Crippen molar-refractivity contribution in [1.82, 2.24) is 15.1 Å². The Labute approximate surface area is 159 Å². The highest BCUT2D eigenvalue weighted by Gasteiger charge is 2.36. The molecule has 1 aromatic rings. The summed E-state index contributed by atoms with van der Waals surface area (Å²) >= 11 is 0. The van der Waals surface area contributed by atoms with Gasteiger partial charge in [0, 0.05) is 44.1 Å². The van der Waals surface area contributed by atoms with E-state index in [-0.39, 0.29) is 35.6 Å². The Morgan fingerprint density at radius 2 is 1.56 bits per heavy atom. The number of furan rings is 1. The van der Waals surface area contributed by atoms with E-state index in [0.717, 1.165) is 38.5 Å². The molecule has 0 bridgehead atoms. The molecular formula is C20H27N3O4. The van der Waals surface area contributed by atoms with Crippen LogP contribution in [-0.2, 0) is 9.59 Å². The maximum atomic E-state index is 12.6. The predicted molar refractivity (Wildman–Crippen MR) is 97.8 cm³/mol. The lowest BCUT2D eigenvalue weighted by Crippen LogP contribution is -2.49. The number of rotatable bonds is 4. The fourth-order valence-corrected chi connectivity index (χ4v) is 4.05.